The molecule has 11 heteroatoms. The lowest BCUT2D eigenvalue weighted by Gasteiger charge is -2.37. The summed E-state index contributed by atoms with van der Waals surface area (Å²) in [6.45, 7) is 21.0. The third kappa shape index (κ3) is 9.50. The first-order chi connectivity index (χ1) is 19.2. The first-order valence-electron chi connectivity index (χ1n) is 14.0. The highest BCUT2D eigenvalue weighted by Crippen LogP contribution is 2.37. The number of amides is 1. The summed E-state index contributed by atoms with van der Waals surface area (Å²) in [7, 11) is -0.729. The first-order valence-corrected chi connectivity index (χ1v) is 16.9. The van der Waals surface area contributed by atoms with Gasteiger partial charge >= 0.3 is 11.8 Å². The SMILES string of the molecule is C=CCCC(CO[Si](C)(C)C(C)(C)C)Nc1nc(N)c([N+](C)=O)c(N(Cc2cccc(CC=C)c2)C(=O)OCC)n1. The number of ether oxygens (including phenoxy) is 1. The van der Waals surface area contributed by atoms with Gasteiger partial charge in [0.05, 0.1) is 25.8 Å². The molecule has 1 atom stereocenters. The number of hydrogen-bond donors (Lipinski definition) is 2. The largest absolute Gasteiger partial charge is 0.449 e. The number of nitroso groups, excluding NO2 is 1. The van der Waals surface area contributed by atoms with E-state index < -0.39 is 14.4 Å². The number of nitrogens with zero attached hydrogens (tertiary/aromatic N) is 4. The zero-order chi connectivity index (χ0) is 30.8. The molecule has 0 aliphatic carbocycles. The van der Waals surface area contributed by atoms with E-state index in [0.29, 0.717) is 17.8 Å². The van der Waals surface area contributed by atoms with Crippen molar-refractivity contribution in [2.45, 2.75) is 77.7 Å². The van der Waals surface area contributed by atoms with Crippen LogP contribution in [0.25, 0.3) is 0 Å². The van der Waals surface area contributed by atoms with Crippen molar-refractivity contribution in [2.75, 3.05) is 36.2 Å². The van der Waals surface area contributed by atoms with E-state index in [1.807, 2.05) is 36.4 Å². The number of aromatic nitrogens is 2. The number of nitrogen functional groups attached to an aromatic ring is 1. The standard InChI is InChI=1S/C30H47N6O4Si/c1-10-13-18-24(21-40-41(8,9)30(4,5)6)32-28-33-26(31)25(35(7)38)27(34-28)36(29(37)39-12-3)20-23-17-14-16-22(19-23)15-11-2/h10-11,14,16-17,19,24H,1-2,12-13,15,18,20-21H2,3-9H3,(H3,31,32,33,34)/q+1. The van der Waals surface area contributed by atoms with Crippen molar-refractivity contribution in [3.8, 4) is 0 Å². The second kappa shape index (κ2) is 14.9. The summed E-state index contributed by atoms with van der Waals surface area (Å²) in [6.07, 6.45) is 5.15. The van der Waals surface area contributed by atoms with E-state index in [2.05, 4.69) is 62.3 Å². The summed E-state index contributed by atoms with van der Waals surface area (Å²) in [5, 5.41) is 3.39. The van der Waals surface area contributed by atoms with Crippen LogP contribution in [0.15, 0.2) is 49.6 Å². The van der Waals surface area contributed by atoms with Crippen LogP contribution in [0, 0.1) is 4.91 Å². The lowest BCUT2D eigenvalue weighted by Crippen LogP contribution is -2.43. The van der Waals surface area contributed by atoms with Crippen LogP contribution in [0.5, 0.6) is 0 Å². The third-order valence-corrected chi connectivity index (χ3v) is 11.7. The van der Waals surface area contributed by atoms with E-state index in [0.717, 1.165) is 24.0 Å². The highest BCUT2D eigenvalue weighted by atomic mass is 28.4. The van der Waals surface area contributed by atoms with Crippen molar-refractivity contribution in [2.24, 2.45) is 0 Å². The lowest BCUT2D eigenvalue weighted by atomic mass is 10.1. The van der Waals surface area contributed by atoms with E-state index in [1.54, 1.807) is 6.92 Å². The molecule has 0 aliphatic rings. The van der Waals surface area contributed by atoms with Crippen LogP contribution < -0.4 is 16.0 Å². The lowest BCUT2D eigenvalue weighted by molar-refractivity contribution is -0.427. The monoisotopic (exact) mass is 583 g/mol. The van der Waals surface area contributed by atoms with Gasteiger partial charge in [-0.15, -0.1) is 13.2 Å². The Morgan fingerprint density at radius 2 is 1.90 bits per heavy atom. The number of nitrogens with one attached hydrogen (secondary N) is 1. The normalized spacial score (nSPS) is 12.4. The van der Waals surface area contributed by atoms with Gasteiger partial charge in [0, 0.05) is 9.67 Å². The molecule has 1 aromatic heterocycles. The van der Waals surface area contributed by atoms with Crippen molar-refractivity contribution >= 4 is 37.7 Å². The molecule has 0 saturated heterocycles. The van der Waals surface area contributed by atoms with Crippen LogP contribution in [0.1, 0.15) is 51.7 Å². The summed E-state index contributed by atoms with van der Waals surface area (Å²) >= 11 is 0. The molecular formula is C30H47N6O4Si+. The van der Waals surface area contributed by atoms with Gasteiger partial charge in [0.15, 0.2) is 15.4 Å². The van der Waals surface area contributed by atoms with Gasteiger partial charge in [-0.25, -0.2) is 4.79 Å². The molecule has 3 N–H and O–H groups in total. The van der Waals surface area contributed by atoms with Gasteiger partial charge in [0.1, 0.15) is 0 Å². The molecule has 0 spiro atoms. The molecule has 0 bridgehead atoms. The smallest absolute Gasteiger partial charge is 0.415 e. The van der Waals surface area contributed by atoms with Crippen molar-refractivity contribution in [3.63, 3.8) is 0 Å². The molecular weight excluding hydrogens is 536 g/mol. The maximum absolute atomic E-state index is 13.2. The molecule has 0 radical (unpaired) electrons. The predicted molar refractivity (Wildman–Crippen MR) is 169 cm³/mol. The van der Waals surface area contributed by atoms with Crippen molar-refractivity contribution in [1.82, 2.24) is 9.97 Å². The predicted octanol–water partition coefficient (Wildman–Crippen LogP) is 6.76. The number of allylic oxidation sites excluding steroid dienone is 2. The van der Waals surface area contributed by atoms with Gasteiger partial charge in [0.25, 0.3) is 0 Å². The van der Waals surface area contributed by atoms with Crippen LogP contribution >= 0.6 is 0 Å². The Morgan fingerprint density at radius 3 is 2.49 bits per heavy atom. The van der Waals surface area contributed by atoms with Crippen molar-refractivity contribution in [1.29, 1.82) is 0 Å². The maximum atomic E-state index is 13.2. The van der Waals surface area contributed by atoms with E-state index in [-0.39, 0.29) is 47.5 Å². The van der Waals surface area contributed by atoms with Crippen LogP contribution in [0.3, 0.4) is 0 Å². The fourth-order valence-electron chi connectivity index (χ4n) is 3.87. The summed E-state index contributed by atoms with van der Waals surface area (Å²) in [6, 6.07) is 7.61. The van der Waals surface area contributed by atoms with E-state index >= 15 is 0 Å². The topological polar surface area (TPSA) is 123 Å². The molecule has 0 fully saturated rings. The Kier molecular flexibility index (Phi) is 12.2. The minimum Gasteiger partial charge on any atom is -0.449 e. The molecule has 41 heavy (non-hydrogen) atoms. The Morgan fingerprint density at radius 1 is 1.22 bits per heavy atom. The molecule has 1 aromatic carbocycles. The number of nitrogens with two attached hydrogens (primary N) is 1. The number of hydrogen-bond acceptors (Lipinski definition) is 8. The van der Waals surface area contributed by atoms with Gasteiger partial charge in [-0.3, -0.25) is 4.90 Å². The maximum Gasteiger partial charge on any atom is 0.415 e. The van der Waals surface area contributed by atoms with Gasteiger partial charge in [-0.05, 0) is 55.4 Å². The molecule has 224 valence electrons. The Hall–Kier alpha value is -3.57. The second-order valence-corrected chi connectivity index (χ2v) is 16.3. The molecule has 0 aliphatic heterocycles. The summed E-state index contributed by atoms with van der Waals surface area (Å²) in [5.41, 5.74) is 8.15. The van der Waals surface area contributed by atoms with Gasteiger partial charge in [-0.1, -0.05) is 57.2 Å². The van der Waals surface area contributed by atoms with Crippen molar-refractivity contribution < 1.29 is 18.7 Å². The zero-order valence-corrected chi connectivity index (χ0v) is 26.7. The Labute approximate surface area is 245 Å². The quantitative estimate of drug-likeness (QED) is 0.134. The highest BCUT2D eigenvalue weighted by Gasteiger charge is 2.38. The van der Waals surface area contributed by atoms with E-state index in [9.17, 15) is 9.70 Å². The average Bonchev–Trinajstić information content (AvgIpc) is 2.88. The molecule has 0 saturated carbocycles. The zero-order valence-electron chi connectivity index (χ0n) is 25.7. The summed E-state index contributed by atoms with van der Waals surface area (Å²) < 4.78 is 12.4. The molecule has 2 aromatic rings. The van der Waals surface area contributed by atoms with E-state index in [1.165, 1.54) is 11.9 Å². The van der Waals surface area contributed by atoms with Gasteiger partial charge < -0.3 is 20.2 Å². The van der Waals surface area contributed by atoms with Crippen molar-refractivity contribution in [3.05, 3.63) is 65.6 Å². The number of carbonyl (C=O) groups is 1. The van der Waals surface area contributed by atoms with Crippen LogP contribution in [-0.2, 0) is 22.1 Å². The summed E-state index contributed by atoms with van der Waals surface area (Å²) in [5.74, 6) is 0.182. The van der Waals surface area contributed by atoms with Gasteiger partial charge in [0.2, 0.25) is 17.6 Å². The fraction of sp³-hybridized carbons (Fsp3) is 0.500. The number of benzene rings is 1. The third-order valence-electron chi connectivity index (χ3n) is 7.17. The molecule has 1 amide bonds. The molecule has 1 heterocycles. The minimum absolute atomic E-state index is 0.0222. The molecule has 2 rings (SSSR count). The number of carbonyl (C=O) groups excluding carboxylic acids is 1. The van der Waals surface area contributed by atoms with Crippen LogP contribution in [0.2, 0.25) is 18.1 Å². The van der Waals surface area contributed by atoms with E-state index in [4.69, 9.17) is 14.9 Å². The molecule has 10 nitrogen and oxygen atoms in total. The van der Waals surface area contributed by atoms with Crippen LogP contribution in [0.4, 0.5) is 28.1 Å². The number of anilines is 3. The first kappa shape index (κ1) is 33.6. The fourth-order valence-corrected chi connectivity index (χ4v) is 4.92. The number of rotatable bonds is 15. The summed E-state index contributed by atoms with van der Waals surface area (Å²) in [4.78, 5) is 36.3. The Bertz CT molecular complexity index is 1230. The second-order valence-electron chi connectivity index (χ2n) is 11.5. The minimum atomic E-state index is -2.02. The highest BCUT2D eigenvalue weighted by molar-refractivity contribution is 6.74. The molecule has 1 unspecified atom stereocenters. The Balaban J connectivity index is 2.54. The average molecular weight is 584 g/mol. The van der Waals surface area contributed by atoms with Gasteiger partial charge in [-0.2, -0.15) is 9.97 Å². The van der Waals surface area contributed by atoms with Crippen LogP contribution in [-0.4, -0.2) is 55.4 Å².